The second-order valence-electron chi connectivity index (χ2n) is 7.66. The van der Waals surface area contributed by atoms with E-state index in [2.05, 4.69) is 26.7 Å². The summed E-state index contributed by atoms with van der Waals surface area (Å²) in [5.74, 6) is 0.794. The van der Waals surface area contributed by atoms with Gasteiger partial charge in [0.1, 0.15) is 17.6 Å². The Labute approximate surface area is 196 Å². The summed E-state index contributed by atoms with van der Waals surface area (Å²) in [5.41, 5.74) is 2.22. The minimum absolute atomic E-state index is 0.0767. The largest absolute Gasteiger partial charge is 0.492 e. The zero-order valence-corrected chi connectivity index (χ0v) is 20.2. The summed E-state index contributed by atoms with van der Waals surface area (Å²) in [7, 11) is 1.81. The number of sulfonamides is 1. The van der Waals surface area contributed by atoms with Gasteiger partial charge < -0.3 is 15.0 Å². The molecule has 0 spiro atoms. The summed E-state index contributed by atoms with van der Waals surface area (Å²) in [6.07, 6.45) is 2.88. The van der Waals surface area contributed by atoms with Crippen LogP contribution in [-0.2, 0) is 16.4 Å². The molecule has 0 saturated carbocycles. The molecular weight excluding hydrogens is 448 g/mol. The maximum atomic E-state index is 12.2. The van der Waals surface area contributed by atoms with Crippen LogP contribution in [0, 0.1) is 5.41 Å². The molecule has 174 valence electrons. The van der Waals surface area contributed by atoms with Crippen LogP contribution in [0.4, 0.5) is 0 Å². The summed E-state index contributed by atoms with van der Waals surface area (Å²) in [6, 6.07) is 15.8. The Bertz CT molecular complexity index is 998. The Balaban J connectivity index is 2.07. The highest BCUT2D eigenvalue weighted by Gasteiger charge is 2.21. The number of halogens is 1. The zero-order chi connectivity index (χ0) is 23.6. The lowest BCUT2D eigenvalue weighted by Gasteiger charge is -2.23. The van der Waals surface area contributed by atoms with Gasteiger partial charge in [-0.15, -0.1) is 0 Å². The van der Waals surface area contributed by atoms with Crippen molar-refractivity contribution >= 4 is 34.1 Å². The van der Waals surface area contributed by atoms with Gasteiger partial charge in [0.2, 0.25) is 10.0 Å². The van der Waals surface area contributed by atoms with Crippen LogP contribution >= 0.6 is 11.6 Å². The van der Waals surface area contributed by atoms with E-state index in [9.17, 15) is 8.42 Å². The third kappa shape index (κ3) is 8.02. The van der Waals surface area contributed by atoms with Crippen molar-refractivity contribution in [1.29, 1.82) is 5.41 Å². The Morgan fingerprint density at radius 1 is 1.22 bits per heavy atom. The normalized spacial score (nSPS) is 13.9. The second kappa shape index (κ2) is 12.7. The molecule has 7 nitrogen and oxygen atoms in total. The lowest BCUT2D eigenvalue weighted by molar-refractivity contribution is 0.321. The molecule has 0 bridgehead atoms. The monoisotopic (exact) mass is 478 g/mol. The van der Waals surface area contributed by atoms with Crippen LogP contribution in [0.25, 0.3) is 0 Å². The SMILES string of the molecule is CN=CC(C=N)S(=O)(=O)NCCOc1ccc(Cl)c(C(Cc2ccccc2)CN(C)C)c1. The second-order valence-corrected chi connectivity index (χ2v) is 9.99. The van der Waals surface area contributed by atoms with Crippen LogP contribution in [0.3, 0.4) is 0 Å². The Morgan fingerprint density at radius 2 is 1.94 bits per heavy atom. The third-order valence-corrected chi connectivity index (χ3v) is 6.74. The maximum Gasteiger partial charge on any atom is 0.224 e. The van der Waals surface area contributed by atoms with Crippen LogP contribution in [0.5, 0.6) is 5.75 Å². The van der Waals surface area contributed by atoms with Crippen LogP contribution in [-0.4, -0.2) is 71.8 Å². The number of hydrogen-bond donors (Lipinski definition) is 2. The average Bonchev–Trinajstić information content (AvgIpc) is 2.76. The number of benzene rings is 2. The van der Waals surface area contributed by atoms with Gasteiger partial charge in [0, 0.05) is 43.5 Å². The number of nitrogens with one attached hydrogen (secondary N) is 2. The van der Waals surface area contributed by atoms with E-state index in [0.29, 0.717) is 10.8 Å². The molecule has 2 aromatic carbocycles. The molecule has 9 heteroatoms. The zero-order valence-electron chi connectivity index (χ0n) is 18.7. The molecule has 2 aromatic rings. The van der Waals surface area contributed by atoms with E-state index < -0.39 is 15.3 Å². The van der Waals surface area contributed by atoms with E-state index in [4.69, 9.17) is 21.7 Å². The summed E-state index contributed by atoms with van der Waals surface area (Å²) in [4.78, 5) is 5.82. The van der Waals surface area contributed by atoms with E-state index in [1.54, 1.807) is 6.07 Å². The number of hydrogen-bond acceptors (Lipinski definition) is 6. The highest BCUT2D eigenvalue weighted by Crippen LogP contribution is 2.31. The predicted octanol–water partition coefficient (Wildman–Crippen LogP) is 3.24. The fourth-order valence-electron chi connectivity index (χ4n) is 3.35. The molecule has 2 unspecified atom stereocenters. The van der Waals surface area contributed by atoms with E-state index in [1.807, 2.05) is 44.4 Å². The molecular formula is C23H31ClN4O3S. The van der Waals surface area contributed by atoms with Crippen LogP contribution in [0.15, 0.2) is 53.5 Å². The van der Waals surface area contributed by atoms with E-state index in [1.165, 1.54) is 18.8 Å². The van der Waals surface area contributed by atoms with Crippen molar-refractivity contribution in [2.24, 2.45) is 4.99 Å². The number of nitrogens with zero attached hydrogens (tertiary/aromatic N) is 2. The van der Waals surface area contributed by atoms with Gasteiger partial charge in [0.25, 0.3) is 0 Å². The van der Waals surface area contributed by atoms with Crippen molar-refractivity contribution in [1.82, 2.24) is 9.62 Å². The highest BCUT2D eigenvalue weighted by molar-refractivity contribution is 7.91. The van der Waals surface area contributed by atoms with Crippen molar-refractivity contribution in [2.75, 3.05) is 40.8 Å². The number of aliphatic imine (C=N–C) groups is 1. The molecule has 2 atom stereocenters. The maximum absolute atomic E-state index is 12.2. The summed E-state index contributed by atoms with van der Waals surface area (Å²) < 4.78 is 32.6. The summed E-state index contributed by atoms with van der Waals surface area (Å²) in [5, 5.41) is 6.84. The molecule has 0 aliphatic heterocycles. The Morgan fingerprint density at radius 3 is 2.56 bits per heavy atom. The molecule has 0 radical (unpaired) electrons. The molecule has 0 aliphatic carbocycles. The van der Waals surface area contributed by atoms with Crippen LogP contribution in [0.2, 0.25) is 5.02 Å². The lowest BCUT2D eigenvalue weighted by atomic mass is 9.91. The van der Waals surface area contributed by atoms with Crippen LogP contribution < -0.4 is 9.46 Å². The molecule has 0 aromatic heterocycles. The number of likely N-dealkylation sites (N-methyl/N-ethyl adjacent to an activating group) is 1. The molecule has 0 fully saturated rings. The fourth-order valence-corrected chi connectivity index (χ4v) is 4.64. The molecule has 32 heavy (non-hydrogen) atoms. The topological polar surface area (TPSA) is 94.8 Å². The Hall–Kier alpha value is -2.26. The van der Waals surface area contributed by atoms with E-state index in [-0.39, 0.29) is 19.1 Å². The lowest BCUT2D eigenvalue weighted by Crippen LogP contribution is -2.38. The fraction of sp³-hybridized carbons (Fsp3) is 0.391. The van der Waals surface area contributed by atoms with Gasteiger partial charge in [-0.05, 0) is 49.8 Å². The molecule has 0 saturated heterocycles. The number of ether oxygens (including phenoxy) is 1. The van der Waals surface area contributed by atoms with Gasteiger partial charge in [-0.25, -0.2) is 13.1 Å². The first kappa shape index (κ1) is 26.0. The van der Waals surface area contributed by atoms with Gasteiger partial charge in [-0.2, -0.15) is 0 Å². The van der Waals surface area contributed by atoms with Crippen molar-refractivity contribution < 1.29 is 13.2 Å². The molecule has 2 N–H and O–H groups in total. The number of rotatable bonds is 13. The molecule has 0 heterocycles. The Kier molecular flexibility index (Phi) is 10.3. The summed E-state index contributed by atoms with van der Waals surface area (Å²) in [6.45, 7) is 1.04. The van der Waals surface area contributed by atoms with Gasteiger partial charge in [0.05, 0.1) is 0 Å². The third-order valence-electron chi connectivity index (χ3n) is 4.81. The van der Waals surface area contributed by atoms with Crippen molar-refractivity contribution in [3.63, 3.8) is 0 Å². The van der Waals surface area contributed by atoms with Gasteiger partial charge in [0.15, 0.2) is 0 Å². The molecule has 2 rings (SSSR count). The standard InChI is InChI=1S/C23H31ClN4O3S/c1-26-16-21(15-25)32(29,30)27-11-12-31-20-9-10-23(24)22(14-20)19(17-28(2)3)13-18-7-5-4-6-8-18/h4-10,14-16,19,21,25,27H,11-13,17H2,1-3H3. The molecule has 0 aliphatic rings. The van der Waals surface area contributed by atoms with Gasteiger partial charge in [-0.3, -0.25) is 4.99 Å². The predicted molar refractivity (Wildman–Crippen MR) is 132 cm³/mol. The smallest absolute Gasteiger partial charge is 0.224 e. The van der Waals surface area contributed by atoms with Crippen LogP contribution in [0.1, 0.15) is 17.0 Å². The van der Waals surface area contributed by atoms with E-state index in [0.717, 1.165) is 24.7 Å². The highest BCUT2D eigenvalue weighted by atomic mass is 35.5. The van der Waals surface area contributed by atoms with Crippen molar-refractivity contribution in [3.8, 4) is 5.75 Å². The van der Waals surface area contributed by atoms with E-state index >= 15 is 0 Å². The molecule has 0 amide bonds. The quantitative estimate of drug-likeness (QED) is 0.341. The minimum Gasteiger partial charge on any atom is -0.492 e. The first-order valence-electron chi connectivity index (χ1n) is 10.3. The minimum atomic E-state index is -3.71. The summed E-state index contributed by atoms with van der Waals surface area (Å²) >= 11 is 6.54. The first-order valence-corrected chi connectivity index (χ1v) is 12.2. The first-order chi connectivity index (χ1) is 15.3. The van der Waals surface area contributed by atoms with Crippen molar-refractivity contribution in [2.45, 2.75) is 17.6 Å². The van der Waals surface area contributed by atoms with Gasteiger partial charge in [-0.1, -0.05) is 41.9 Å². The van der Waals surface area contributed by atoms with Crippen molar-refractivity contribution in [3.05, 3.63) is 64.7 Å². The average molecular weight is 479 g/mol. The van der Waals surface area contributed by atoms with Gasteiger partial charge >= 0.3 is 0 Å².